The van der Waals surface area contributed by atoms with E-state index in [2.05, 4.69) is 9.97 Å². The average Bonchev–Trinajstić information content (AvgIpc) is 2.40. The van der Waals surface area contributed by atoms with Gasteiger partial charge >= 0.3 is 0 Å². The molecule has 2 rings (SSSR count). The summed E-state index contributed by atoms with van der Waals surface area (Å²) in [5.41, 5.74) is 5.57. The Labute approximate surface area is 125 Å². The lowest BCUT2D eigenvalue weighted by atomic mass is 10.3. The summed E-state index contributed by atoms with van der Waals surface area (Å²) in [5, 5.41) is 11.0. The van der Waals surface area contributed by atoms with Gasteiger partial charge in [-0.15, -0.1) is 0 Å². The zero-order chi connectivity index (χ0) is 15.4. The summed E-state index contributed by atoms with van der Waals surface area (Å²) < 4.78 is 5.50. The van der Waals surface area contributed by atoms with E-state index in [0.717, 1.165) is 6.42 Å². The summed E-state index contributed by atoms with van der Waals surface area (Å²) in [6, 6.07) is 5.37. The fourth-order valence-corrected chi connectivity index (χ4v) is 1.83. The molecule has 2 aromatic rings. The first-order valence-corrected chi connectivity index (χ1v) is 6.62. The molecule has 21 heavy (non-hydrogen) atoms. The number of nitrogens with zero attached hydrogens (tertiary/aromatic N) is 3. The van der Waals surface area contributed by atoms with Crippen LogP contribution in [0.1, 0.15) is 19.2 Å². The SMILES string of the molecule is CCCc1nc(N)cc(Oc2cc([N+](=O)[O-])ccc2Cl)n1. The molecular formula is C13H13ClN4O3. The Bertz CT molecular complexity index is 678. The Morgan fingerprint density at radius 3 is 2.81 bits per heavy atom. The number of ether oxygens (including phenoxy) is 1. The Kier molecular flexibility index (Phi) is 4.54. The van der Waals surface area contributed by atoms with E-state index in [1.165, 1.54) is 24.3 Å². The smallest absolute Gasteiger partial charge is 0.273 e. The molecule has 0 saturated carbocycles. The van der Waals surface area contributed by atoms with Gasteiger partial charge in [-0.25, -0.2) is 4.98 Å². The van der Waals surface area contributed by atoms with Crippen LogP contribution in [0.15, 0.2) is 24.3 Å². The van der Waals surface area contributed by atoms with Crippen LogP contribution in [0.5, 0.6) is 11.6 Å². The number of halogens is 1. The number of hydrogen-bond donors (Lipinski definition) is 1. The van der Waals surface area contributed by atoms with Gasteiger partial charge in [-0.05, 0) is 12.5 Å². The number of aryl methyl sites for hydroxylation is 1. The third kappa shape index (κ3) is 3.79. The molecule has 8 heteroatoms. The first-order valence-electron chi connectivity index (χ1n) is 6.25. The van der Waals surface area contributed by atoms with Gasteiger partial charge in [-0.1, -0.05) is 18.5 Å². The summed E-state index contributed by atoms with van der Waals surface area (Å²) in [5.74, 6) is 1.17. The van der Waals surface area contributed by atoms with Crippen molar-refractivity contribution in [3.8, 4) is 11.6 Å². The topological polar surface area (TPSA) is 104 Å². The Morgan fingerprint density at radius 2 is 2.14 bits per heavy atom. The number of nitrogen functional groups attached to an aromatic ring is 1. The Hall–Kier alpha value is -2.41. The Balaban J connectivity index is 2.33. The quantitative estimate of drug-likeness (QED) is 0.670. The van der Waals surface area contributed by atoms with Crippen LogP contribution in [0.3, 0.4) is 0 Å². The number of nitro benzene ring substituents is 1. The van der Waals surface area contributed by atoms with Crippen LogP contribution in [-0.2, 0) is 6.42 Å². The fourth-order valence-electron chi connectivity index (χ4n) is 1.68. The second-order valence-electron chi connectivity index (χ2n) is 4.27. The summed E-state index contributed by atoms with van der Waals surface area (Å²) in [6.07, 6.45) is 1.52. The molecule has 0 atom stereocenters. The highest BCUT2D eigenvalue weighted by Gasteiger charge is 2.13. The maximum Gasteiger partial charge on any atom is 0.273 e. The molecule has 0 aliphatic carbocycles. The number of benzene rings is 1. The molecule has 2 N–H and O–H groups in total. The van der Waals surface area contributed by atoms with E-state index < -0.39 is 4.92 Å². The van der Waals surface area contributed by atoms with Gasteiger partial charge in [0.1, 0.15) is 11.6 Å². The zero-order valence-corrected chi connectivity index (χ0v) is 12.0. The highest BCUT2D eigenvalue weighted by Crippen LogP contribution is 2.32. The molecular weight excluding hydrogens is 296 g/mol. The van der Waals surface area contributed by atoms with E-state index in [0.29, 0.717) is 12.2 Å². The third-order valence-electron chi connectivity index (χ3n) is 2.58. The minimum absolute atomic E-state index is 0.120. The van der Waals surface area contributed by atoms with Crippen LogP contribution >= 0.6 is 11.6 Å². The van der Waals surface area contributed by atoms with Crippen LogP contribution in [0, 0.1) is 10.1 Å². The summed E-state index contributed by atoms with van der Waals surface area (Å²) in [6.45, 7) is 1.99. The van der Waals surface area contributed by atoms with Crippen LogP contribution in [-0.4, -0.2) is 14.9 Å². The van der Waals surface area contributed by atoms with Crippen LogP contribution in [0.4, 0.5) is 11.5 Å². The largest absolute Gasteiger partial charge is 0.437 e. The van der Waals surface area contributed by atoms with Crippen molar-refractivity contribution in [2.24, 2.45) is 0 Å². The lowest BCUT2D eigenvalue weighted by molar-refractivity contribution is -0.384. The van der Waals surface area contributed by atoms with E-state index in [-0.39, 0.29) is 28.2 Å². The number of rotatable bonds is 5. The van der Waals surface area contributed by atoms with Gasteiger partial charge in [0.05, 0.1) is 16.0 Å². The van der Waals surface area contributed by atoms with Crippen molar-refractivity contribution < 1.29 is 9.66 Å². The van der Waals surface area contributed by atoms with Crippen molar-refractivity contribution in [2.45, 2.75) is 19.8 Å². The first kappa shape index (κ1) is 15.0. The second kappa shape index (κ2) is 6.36. The normalized spacial score (nSPS) is 10.4. The molecule has 0 fully saturated rings. The van der Waals surface area contributed by atoms with Gasteiger partial charge in [-0.2, -0.15) is 4.98 Å². The van der Waals surface area contributed by atoms with Gasteiger partial charge in [0.2, 0.25) is 5.88 Å². The molecule has 1 aromatic carbocycles. The molecule has 0 radical (unpaired) electrons. The molecule has 0 bridgehead atoms. The standard InChI is InChI=1S/C13H13ClN4O3/c1-2-3-12-16-11(15)7-13(17-12)21-10-6-8(18(19)20)4-5-9(10)14/h4-7H,2-3H2,1H3,(H2,15,16,17). The number of hydrogen-bond acceptors (Lipinski definition) is 6. The van der Waals surface area contributed by atoms with Crippen LogP contribution in [0.2, 0.25) is 5.02 Å². The van der Waals surface area contributed by atoms with Gasteiger partial charge in [0, 0.05) is 18.6 Å². The molecule has 110 valence electrons. The number of nitrogens with two attached hydrogens (primary N) is 1. The molecule has 1 aromatic heterocycles. The zero-order valence-electron chi connectivity index (χ0n) is 11.2. The first-order chi connectivity index (χ1) is 9.99. The van der Waals surface area contributed by atoms with Crippen molar-refractivity contribution in [3.05, 3.63) is 45.2 Å². The van der Waals surface area contributed by atoms with E-state index >= 15 is 0 Å². The molecule has 1 heterocycles. The summed E-state index contributed by atoms with van der Waals surface area (Å²) >= 11 is 5.97. The fraction of sp³-hybridized carbons (Fsp3) is 0.231. The van der Waals surface area contributed by atoms with Crippen molar-refractivity contribution in [1.82, 2.24) is 9.97 Å². The van der Waals surface area contributed by atoms with Crippen molar-refractivity contribution >= 4 is 23.1 Å². The third-order valence-corrected chi connectivity index (χ3v) is 2.89. The van der Waals surface area contributed by atoms with Crippen molar-refractivity contribution in [1.29, 1.82) is 0 Å². The van der Waals surface area contributed by atoms with E-state index in [1.54, 1.807) is 0 Å². The van der Waals surface area contributed by atoms with E-state index in [9.17, 15) is 10.1 Å². The lowest BCUT2D eigenvalue weighted by Crippen LogP contribution is -2.01. The van der Waals surface area contributed by atoms with Crippen LogP contribution < -0.4 is 10.5 Å². The molecule has 0 aliphatic heterocycles. The average molecular weight is 309 g/mol. The van der Waals surface area contributed by atoms with Crippen molar-refractivity contribution in [2.75, 3.05) is 5.73 Å². The lowest BCUT2D eigenvalue weighted by Gasteiger charge is -2.08. The van der Waals surface area contributed by atoms with Gasteiger partial charge < -0.3 is 10.5 Å². The van der Waals surface area contributed by atoms with Gasteiger partial charge in [-0.3, -0.25) is 10.1 Å². The monoisotopic (exact) mass is 308 g/mol. The second-order valence-corrected chi connectivity index (χ2v) is 4.68. The predicted octanol–water partition coefficient (Wildman–Crippen LogP) is 3.37. The maximum atomic E-state index is 10.8. The molecule has 0 spiro atoms. The minimum Gasteiger partial charge on any atom is -0.437 e. The summed E-state index contributed by atoms with van der Waals surface area (Å²) in [4.78, 5) is 18.5. The minimum atomic E-state index is -0.528. The molecule has 7 nitrogen and oxygen atoms in total. The molecule has 0 saturated heterocycles. The number of nitro groups is 1. The predicted molar refractivity (Wildman–Crippen MR) is 78.6 cm³/mol. The molecule has 0 unspecified atom stereocenters. The van der Waals surface area contributed by atoms with E-state index in [4.69, 9.17) is 22.1 Å². The van der Waals surface area contributed by atoms with Crippen molar-refractivity contribution in [3.63, 3.8) is 0 Å². The maximum absolute atomic E-state index is 10.8. The van der Waals surface area contributed by atoms with E-state index in [1.807, 2.05) is 6.92 Å². The number of non-ortho nitro benzene ring substituents is 1. The number of anilines is 1. The molecule has 0 aliphatic rings. The molecule has 0 amide bonds. The Morgan fingerprint density at radius 1 is 1.38 bits per heavy atom. The highest BCUT2D eigenvalue weighted by molar-refractivity contribution is 6.32. The van der Waals surface area contributed by atoms with Gasteiger partial charge in [0.15, 0.2) is 5.75 Å². The van der Waals surface area contributed by atoms with Gasteiger partial charge in [0.25, 0.3) is 5.69 Å². The number of aromatic nitrogens is 2. The summed E-state index contributed by atoms with van der Waals surface area (Å²) in [7, 11) is 0. The highest BCUT2D eigenvalue weighted by atomic mass is 35.5. The van der Waals surface area contributed by atoms with Crippen LogP contribution in [0.25, 0.3) is 0 Å².